The van der Waals surface area contributed by atoms with Crippen molar-refractivity contribution in [1.29, 1.82) is 0 Å². The molecule has 0 nitrogen and oxygen atoms in total. The maximum absolute atomic E-state index is 5.93. The van der Waals surface area contributed by atoms with Crippen LogP contribution in [0.25, 0.3) is 10.8 Å². The molecule has 0 aliphatic carbocycles. The number of benzene rings is 2. The minimum Gasteiger partial charge on any atom is -0.0784 e. The smallest absolute Gasteiger partial charge is 0.0784 e. The van der Waals surface area contributed by atoms with Crippen molar-refractivity contribution in [3.63, 3.8) is 0 Å². The van der Waals surface area contributed by atoms with E-state index >= 15 is 0 Å². The quantitative estimate of drug-likeness (QED) is 0.469. The van der Waals surface area contributed by atoms with Gasteiger partial charge in [-0.1, -0.05) is 93.9 Å². The maximum atomic E-state index is 5.93. The second-order valence-corrected chi connectivity index (χ2v) is 8.30. The summed E-state index contributed by atoms with van der Waals surface area (Å²) in [6, 6.07) is 11.0. The lowest BCUT2D eigenvalue weighted by atomic mass is 10.0. The molecule has 2 aromatic carbocycles. The highest BCUT2D eigenvalue weighted by atomic mass is 35.6. The van der Waals surface area contributed by atoms with Crippen molar-refractivity contribution in [2.75, 3.05) is 0 Å². The van der Waals surface area contributed by atoms with Gasteiger partial charge in [0.15, 0.2) is 0 Å². The van der Waals surface area contributed by atoms with Gasteiger partial charge in [-0.25, -0.2) is 0 Å². The van der Waals surface area contributed by atoms with Gasteiger partial charge in [0.1, 0.15) is 0 Å². The first-order chi connectivity index (χ1) is 8.19. The summed E-state index contributed by atoms with van der Waals surface area (Å²) in [5.74, 6) is 0. The lowest BCUT2D eigenvalue weighted by Gasteiger charge is -2.22. The topological polar surface area (TPSA) is 0 Å². The molecule has 18 heavy (non-hydrogen) atoms. The molecule has 0 heterocycles. The first-order valence-corrected chi connectivity index (χ1v) is 7.13. The Kier molecular flexibility index (Phi) is 4.19. The fourth-order valence-electron chi connectivity index (χ4n) is 1.71. The van der Waals surface area contributed by atoms with Crippen LogP contribution < -0.4 is 0 Å². The van der Waals surface area contributed by atoms with Gasteiger partial charge in [-0.2, -0.15) is 0 Å². The third-order valence-electron chi connectivity index (χ3n) is 2.50. The minimum atomic E-state index is -1.65. The van der Waals surface area contributed by atoms with Crippen LogP contribution in [0.3, 0.4) is 0 Å². The summed E-state index contributed by atoms with van der Waals surface area (Å²) in [6.07, 6.45) is 0. The Balaban J connectivity index is 2.81. The zero-order chi connectivity index (χ0) is 13.6. The first kappa shape index (κ1) is 14.8. The average Bonchev–Trinajstić information content (AvgIpc) is 2.25. The van der Waals surface area contributed by atoms with Crippen LogP contribution in [0.15, 0.2) is 36.4 Å². The molecule has 0 bridgehead atoms. The second kappa shape index (κ2) is 5.09. The molecule has 0 atom stereocenters. The van der Waals surface area contributed by atoms with Crippen LogP contribution in [0.4, 0.5) is 0 Å². The van der Waals surface area contributed by atoms with Gasteiger partial charge in [0.25, 0.3) is 0 Å². The molecule has 0 amide bonds. The molecular weight excluding hydrogens is 357 g/mol. The van der Waals surface area contributed by atoms with Crippen LogP contribution in [-0.4, -0.2) is 0 Å². The van der Waals surface area contributed by atoms with Gasteiger partial charge in [-0.15, -0.1) is 0 Å². The van der Waals surface area contributed by atoms with Gasteiger partial charge in [0.2, 0.25) is 7.59 Å². The lowest BCUT2D eigenvalue weighted by Crippen LogP contribution is -2.12. The SMILES string of the molecule is ClC(Cl)(Cl)c1cc2ccccc2cc1C(Cl)(Cl)Cl. The number of hydrogen-bond donors (Lipinski definition) is 0. The van der Waals surface area contributed by atoms with Crippen LogP contribution in [-0.2, 0) is 7.59 Å². The highest BCUT2D eigenvalue weighted by Crippen LogP contribution is 2.49. The molecule has 0 saturated carbocycles. The molecule has 96 valence electrons. The Morgan fingerprint density at radius 2 is 0.944 bits per heavy atom. The number of halogens is 6. The van der Waals surface area contributed by atoms with Gasteiger partial charge < -0.3 is 0 Å². The van der Waals surface area contributed by atoms with Crippen molar-refractivity contribution < 1.29 is 0 Å². The van der Waals surface area contributed by atoms with E-state index in [-0.39, 0.29) is 0 Å². The van der Waals surface area contributed by atoms with Gasteiger partial charge in [0.05, 0.1) is 0 Å². The summed E-state index contributed by atoms with van der Waals surface area (Å²) in [7, 11) is 0. The molecule has 0 fully saturated rings. The van der Waals surface area contributed by atoms with Crippen LogP contribution in [0.1, 0.15) is 11.1 Å². The summed E-state index contributed by atoms with van der Waals surface area (Å²) in [4.78, 5) is 0. The molecule has 0 unspecified atom stereocenters. The van der Waals surface area contributed by atoms with E-state index in [9.17, 15) is 0 Å². The largest absolute Gasteiger partial charge is 0.216 e. The van der Waals surface area contributed by atoms with Crippen molar-refractivity contribution in [3.8, 4) is 0 Å². The van der Waals surface area contributed by atoms with Crippen molar-refractivity contribution in [2.24, 2.45) is 0 Å². The zero-order valence-electron chi connectivity index (χ0n) is 8.73. The van der Waals surface area contributed by atoms with E-state index in [0.717, 1.165) is 10.8 Å². The van der Waals surface area contributed by atoms with Crippen LogP contribution >= 0.6 is 69.6 Å². The van der Waals surface area contributed by atoms with Gasteiger partial charge in [-0.05, 0) is 22.9 Å². The highest BCUT2D eigenvalue weighted by molar-refractivity contribution is 6.69. The van der Waals surface area contributed by atoms with Crippen molar-refractivity contribution in [2.45, 2.75) is 7.59 Å². The van der Waals surface area contributed by atoms with E-state index < -0.39 is 7.59 Å². The number of alkyl halides is 6. The fourth-order valence-corrected chi connectivity index (χ4v) is 2.65. The maximum Gasteiger partial charge on any atom is 0.216 e. The molecule has 2 aromatic rings. The summed E-state index contributed by atoms with van der Waals surface area (Å²) >= 11 is 35.6. The Hall–Kier alpha value is 0.440. The summed E-state index contributed by atoms with van der Waals surface area (Å²) < 4.78 is -3.30. The van der Waals surface area contributed by atoms with Gasteiger partial charge in [-0.3, -0.25) is 0 Å². The lowest BCUT2D eigenvalue weighted by molar-refractivity contribution is 1.12. The number of fused-ring (bicyclic) bond motifs is 1. The molecule has 0 saturated heterocycles. The monoisotopic (exact) mass is 360 g/mol. The molecule has 0 spiro atoms. The Morgan fingerprint density at radius 1 is 0.611 bits per heavy atom. The summed E-state index contributed by atoms with van der Waals surface area (Å²) in [6.45, 7) is 0. The molecule has 0 aromatic heterocycles. The van der Waals surface area contributed by atoms with Gasteiger partial charge in [0, 0.05) is 11.1 Å². The highest BCUT2D eigenvalue weighted by Gasteiger charge is 2.34. The van der Waals surface area contributed by atoms with E-state index in [4.69, 9.17) is 69.6 Å². The normalized spacial score (nSPS) is 13.0. The van der Waals surface area contributed by atoms with E-state index in [1.807, 2.05) is 24.3 Å². The third kappa shape index (κ3) is 3.12. The molecule has 6 heteroatoms. The summed E-state index contributed by atoms with van der Waals surface area (Å²) in [5.41, 5.74) is 0.734. The van der Waals surface area contributed by atoms with Crippen molar-refractivity contribution >= 4 is 80.4 Å². The van der Waals surface area contributed by atoms with Gasteiger partial charge >= 0.3 is 0 Å². The van der Waals surface area contributed by atoms with Crippen LogP contribution in [0.2, 0.25) is 0 Å². The second-order valence-electron chi connectivity index (χ2n) is 3.74. The molecule has 2 rings (SSSR count). The molecule has 0 aliphatic heterocycles. The van der Waals surface area contributed by atoms with Crippen molar-refractivity contribution in [1.82, 2.24) is 0 Å². The van der Waals surface area contributed by atoms with E-state index in [1.54, 1.807) is 12.1 Å². The molecule has 0 radical (unpaired) electrons. The van der Waals surface area contributed by atoms with E-state index in [0.29, 0.717) is 11.1 Å². The third-order valence-corrected chi connectivity index (χ3v) is 3.72. The standard InChI is InChI=1S/C12H6Cl6/c13-11(14,15)9-5-7-3-1-2-4-8(7)6-10(9)12(16,17)18/h1-6H. The van der Waals surface area contributed by atoms with Crippen molar-refractivity contribution in [3.05, 3.63) is 47.5 Å². The van der Waals surface area contributed by atoms with Crippen LogP contribution in [0.5, 0.6) is 0 Å². The number of rotatable bonds is 0. The van der Waals surface area contributed by atoms with Crippen LogP contribution in [0, 0.1) is 0 Å². The Morgan fingerprint density at radius 3 is 1.22 bits per heavy atom. The van der Waals surface area contributed by atoms with E-state index in [1.165, 1.54) is 0 Å². The average molecular weight is 363 g/mol. The molecule has 0 N–H and O–H groups in total. The first-order valence-electron chi connectivity index (χ1n) is 4.87. The minimum absolute atomic E-state index is 0.367. The van der Waals surface area contributed by atoms with E-state index in [2.05, 4.69) is 0 Å². The fraction of sp³-hybridized carbons (Fsp3) is 0.167. The Labute approximate surface area is 135 Å². The molecular formula is C12H6Cl6. The summed E-state index contributed by atoms with van der Waals surface area (Å²) in [5, 5.41) is 1.83. The Bertz CT molecular complexity index is 527. The predicted octanol–water partition coefficient (Wildman–Crippen LogP) is 6.49. The number of hydrogen-bond acceptors (Lipinski definition) is 0. The zero-order valence-corrected chi connectivity index (χ0v) is 13.3. The molecule has 0 aliphatic rings. The predicted molar refractivity (Wildman–Crippen MR) is 82.4 cm³/mol.